The Bertz CT molecular complexity index is 361. The van der Waals surface area contributed by atoms with Crippen LogP contribution in [-0.2, 0) is 6.54 Å². The molecule has 1 heterocycles. The highest BCUT2D eigenvalue weighted by Crippen LogP contribution is 2.14. The molecule has 0 unspecified atom stereocenters. The minimum absolute atomic E-state index is 0.395. The van der Waals surface area contributed by atoms with Gasteiger partial charge >= 0.3 is 0 Å². The average molecular weight is 240 g/mol. The molecule has 0 radical (unpaired) electrons. The van der Waals surface area contributed by atoms with Crippen molar-refractivity contribution in [2.24, 2.45) is 5.92 Å². The third-order valence-electron chi connectivity index (χ3n) is 3.35. The molecule has 1 aromatic carbocycles. The van der Waals surface area contributed by atoms with Crippen molar-refractivity contribution in [3.05, 3.63) is 35.4 Å². The van der Waals surface area contributed by atoms with Crippen molar-refractivity contribution < 1.29 is 8.78 Å². The Morgan fingerprint density at radius 1 is 1.24 bits per heavy atom. The van der Waals surface area contributed by atoms with Crippen molar-refractivity contribution in [2.75, 3.05) is 13.1 Å². The zero-order chi connectivity index (χ0) is 12.3. The SMILES string of the molecule is CC[C@@H]1CNC[C@@H]1NCc1cc(F)cc(F)c1. The lowest BCUT2D eigenvalue weighted by Crippen LogP contribution is -2.35. The maximum Gasteiger partial charge on any atom is 0.126 e. The number of hydrogen-bond donors (Lipinski definition) is 2. The van der Waals surface area contributed by atoms with Gasteiger partial charge in [-0.3, -0.25) is 0 Å². The Labute approximate surface area is 100 Å². The summed E-state index contributed by atoms with van der Waals surface area (Å²) in [6.07, 6.45) is 1.11. The first-order valence-corrected chi connectivity index (χ1v) is 6.08. The lowest BCUT2D eigenvalue weighted by Gasteiger charge is -2.18. The molecule has 1 saturated heterocycles. The van der Waals surface area contributed by atoms with Crippen LogP contribution in [0.15, 0.2) is 18.2 Å². The molecule has 2 atom stereocenters. The van der Waals surface area contributed by atoms with Crippen LogP contribution in [0.2, 0.25) is 0 Å². The first-order chi connectivity index (χ1) is 8.19. The van der Waals surface area contributed by atoms with E-state index >= 15 is 0 Å². The van der Waals surface area contributed by atoms with E-state index in [1.807, 2.05) is 0 Å². The summed E-state index contributed by atoms with van der Waals surface area (Å²) in [5.74, 6) is -0.426. The predicted molar refractivity (Wildman–Crippen MR) is 63.6 cm³/mol. The van der Waals surface area contributed by atoms with Crippen LogP contribution in [0.25, 0.3) is 0 Å². The molecule has 1 aliphatic heterocycles. The second kappa shape index (κ2) is 5.56. The third kappa shape index (κ3) is 3.23. The maximum absolute atomic E-state index is 13.0. The van der Waals surface area contributed by atoms with E-state index in [0.717, 1.165) is 25.6 Å². The number of benzene rings is 1. The molecule has 2 N–H and O–H groups in total. The molecule has 17 heavy (non-hydrogen) atoms. The van der Waals surface area contributed by atoms with Crippen LogP contribution in [-0.4, -0.2) is 19.1 Å². The number of rotatable bonds is 4. The predicted octanol–water partition coefficient (Wildman–Crippen LogP) is 2.05. The van der Waals surface area contributed by atoms with Gasteiger partial charge in [0.05, 0.1) is 0 Å². The molecule has 0 spiro atoms. The Hall–Kier alpha value is -1.00. The van der Waals surface area contributed by atoms with Crippen LogP contribution in [0.3, 0.4) is 0 Å². The Balaban J connectivity index is 1.93. The second-order valence-corrected chi connectivity index (χ2v) is 4.59. The van der Waals surface area contributed by atoms with Crippen molar-refractivity contribution in [1.82, 2.24) is 10.6 Å². The van der Waals surface area contributed by atoms with Gasteiger partial charge in [-0.25, -0.2) is 8.78 Å². The average Bonchev–Trinajstić information content (AvgIpc) is 2.72. The van der Waals surface area contributed by atoms with Crippen molar-refractivity contribution in [1.29, 1.82) is 0 Å². The van der Waals surface area contributed by atoms with Crippen molar-refractivity contribution in [3.63, 3.8) is 0 Å². The molecule has 0 amide bonds. The minimum Gasteiger partial charge on any atom is -0.315 e. The summed E-state index contributed by atoms with van der Waals surface area (Å²) in [5, 5.41) is 6.68. The van der Waals surface area contributed by atoms with Gasteiger partial charge in [0.1, 0.15) is 11.6 Å². The molecule has 4 heteroatoms. The number of halogens is 2. The summed E-state index contributed by atoms with van der Waals surface area (Å²) in [4.78, 5) is 0. The van der Waals surface area contributed by atoms with E-state index in [1.54, 1.807) is 0 Å². The molecular formula is C13H18F2N2. The standard InChI is InChI=1S/C13H18F2N2/c1-2-10-7-16-8-13(10)17-6-9-3-11(14)5-12(15)4-9/h3-5,10,13,16-17H,2,6-8H2,1H3/t10-,13+/m1/s1. The van der Waals surface area contributed by atoms with Gasteiger partial charge in [-0.05, 0) is 30.2 Å². The van der Waals surface area contributed by atoms with Crippen LogP contribution >= 0.6 is 0 Å². The van der Waals surface area contributed by atoms with Gasteiger partial charge in [0.2, 0.25) is 0 Å². The van der Waals surface area contributed by atoms with Gasteiger partial charge in [-0.15, -0.1) is 0 Å². The van der Waals surface area contributed by atoms with Gasteiger partial charge in [0.25, 0.3) is 0 Å². The van der Waals surface area contributed by atoms with Gasteiger partial charge in [0.15, 0.2) is 0 Å². The molecule has 1 aliphatic rings. The van der Waals surface area contributed by atoms with E-state index < -0.39 is 11.6 Å². The normalized spacial score (nSPS) is 24.2. The van der Waals surface area contributed by atoms with Crippen LogP contribution < -0.4 is 10.6 Å². The topological polar surface area (TPSA) is 24.1 Å². The lowest BCUT2D eigenvalue weighted by molar-refractivity contribution is 0.415. The molecule has 2 rings (SSSR count). The second-order valence-electron chi connectivity index (χ2n) is 4.59. The molecule has 0 bridgehead atoms. The van der Waals surface area contributed by atoms with E-state index in [9.17, 15) is 8.78 Å². The van der Waals surface area contributed by atoms with E-state index in [4.69, 9.17) is 0 Å². The van der Waals surface area contributed by atoms with E-state index in [0.29, 0.717) is 24.1 Å². The quantitative estimate of drug-likeness (QED) is 0.841. The largest absolute Gasteiger partial charge is 0.315 e. The molecule has 1 fully saturated rings. The Morgan fingerprint density at radius 3 is 2.59 bits per heavy atom. The van der Waals surface area contributed by atoms with Crippen LogP contribution in [0.1, 0.15) is 18.9 Å². The molecule has 0 aromatic heterocycles. The van der Waals surface area contributed by atoms with E-state index in [2.05, 4.69) is 17.6 Å². The first-order valence-electron chi connectivity index (χ1n) is 6.08. The summed E-state index contributed by atoms with van der Waals surface area (Å²) >= 11 is 0. The molecule has 0 saturated carbocycles. The zero-order valence-corrected chi connectivity index (χ0v) is 9.97. The first kappa shape index (κ1) is 12.5. The van der Waals surface area contributed by atoms with Gasteiger partial charge in [-0.2, -0.15) is 0 Å². The van der Waals surface area contributed by atoms with Gasteiger partial charge < -0.3 is 10.6 Å². The van der Waals surface area contributed by atoms with E-state index in [-0.39, 0.29) is 0 Å². The summed E-state index contributed by atoms with van der Waals surface area (Å²) in [7, 11) is 0. The van der Waals surface area contributed by atoms with Crippen LogP contribution in [0.4, 0.5) is 8.78 Å². The fraction of sp³-hybridized carbons (Fsp3) is 0.538. The minimum atomic E-state index is -0.515. The monoisotopic (exact) mass is 240 g/mol. The summed E-state index contributed by atoms with van der Waals surface area (Å²) in [5.41, 5.74) is 0.657. The summed E-state index contributed by atoms with van der Waals surface area (Å²) in [6, 6.07) is 4.04. The van der Waals surface area contributed by atoms with Gasteiger partial charge in [-0.1, -0.05) is 13.3 Å². The summed E-state index contributed by atoms with van der Waals surface area (Å²) in [6.45, 7) is 4.62. The zero-order valence-electron chi connectivity index (χ0n) is 9.97. The maximum atomic E-state index is 13.0. The summed E-state index contributed by atoms with van der Waals surface area (Å²) < 4.78 is 26.0. The fourth-order valence-electron chi connectivity index (χ4n) is 2.36. The highest BCUT2D eigenvalue weighted by Gasteiger charge is 2.24. The molecular weight excluding hydrogens is 222 g/mol. The van der Waals surface area contributed by atoms with Crippen molar-refractivity contribution >= 4 is 0 Å². The molecule has 94 valence electrons. The van der Waals surface area contributed by atoms with Crippen molar-refractivity contribution in [2.45, 2.75) is 25.9 Å². The molecule has 2 nitrogen and oxygen atoms in total. The molecule has 1 aromatic rings. The Morgan fingerprint density at radius 2 is 1.94 bits per heavy atom. The van der Waals surface area contributed by atoms with Gasteiger partial charge in [0, 0.05) is 25.2 Å². The highest BCUT2D eigenvalue weighted by molar-refractivity contribution is 5.17. The number of nitrogens with one attached hydrogen (secondary N) is 2. The lowest BCUT2D eigenvalue weighted by atomic mass is 10.0. The van der Waals surface area contributed by atoms with Crippen LogP contribution in [0.5, 0.6) is 0 Å². The number of hydrogen-bond acceptors (Lipinski definition) is 2. The fourth-order valence-corrected chi connectivity index (χ4v) is 2.36. The Kier molecular flexibility index (Phi) is 4.07. The highest BCUT2D eigenvalue weighted by atomic mass is 19.1. The van der Waals surface area contributed by atoms with Crippen molar-refractivity contribution in [3.8, 4) is 0 Å². The van der Waals surface area contributed by atoms with Crippen LogP contribution in [0, 0.1) is 17.6 Å². The smallest absolute Gasteiger partial charge is 0.126 e. The molecule has 0 aliphatic carbocycles. The van der Waals surface area contributed by atoms with E-state index in [1.165, 1.54) is 12.1 Å². The third-order valence-corrected chi connectivity index (χ3v) is 3.35.